The lowest BCUT2D eigenvalue weighted by Gasteiger charge is -2.13. The molecule has 144 valence electrons. The van der Waals surface area contributed by atoms with Gasteiger partial charge < -0.3 is 10.1 Å². The van der Waals surface area contributed by atoms with E-state index in [0.29, 0.717) is 6.61 Å². The average Bonchev–Trinajstić information content (AvgIpc) is 2.55. The minimum Gasteiger partial charge on any atom is -0.492 e. The monoisotopic (exact) mass is 400 g/mol. The summed E-state index contributed by atoms with van der Waals surface area (Å²) in [5.74, 6) is -4.15. The molecule has 0 aliphatic heterocycles. The maximum absolute atomic E-state index is 14.0. The molecule has 2 aromatic carbocycles. The van der Waals surface area contributed by atoms with Gasteiger partial charge in [0.2, 0.25) is 0 Å². The van der Waals surface area contributed by atoms with Crippen molar-refractivity contribution in [2.24, 2.45) is 5.92 Å². The number of imide groups is 1. The van der Waals surface area contributed by atoms with Gasteiger partial charge in [-0.05, 0) is 24.1 Å². The normalized spacial score (nSPS) is 10.6. The molecule has 0 saturated heterocycles. The van der Waals surface area contributed by atoms with Crippen LogP contribution in [0.25, 0.3) is 0 Å². The number of halogens is 4. The predicted octanol–water partition coefficient (Wildman–Crippen LogP) is 4.75. The van der Waals surface area contributed by atoms with Gasteiger partial charge in [-0.2, -0.15) is 0 Å². The summed E-state index contributed by atoms with van der Waals surface area (Å²) < 4.78 is 46.5. The fraction of sp³-hybridized carbons (Fsp3) is 0.222. The van der Waals surface area contributed by atoms with Crippen LogP contribution >= 0.6 is 11.6 Å². The molecule has 2 aromatic rings. The van der Waals surface area contributed by atoms with Crippen molar-refractivity contribution in [3.05, 3.63) is 58.4 Å². The molecule has 0 spiro atoms. The lowest BCUT2D eigenvalue weighted by Crippen LogP contribution is -2.35. The Hall–Kier alpha value is -2.74. The van der Waals surface area contributed by atoms with Crippen molar-refractivity contribution in [1.29, 1.82) is 0 Å². The lowest BCUT2D eigenvalue weighted by atomic mass is 10.2. The predicted molar refractivity (Wildman–Crippen MR) is 94.6 cm³/mol. The van der Waals surface area contributed by atoms with Crippen molar-refractivity contribution in [2.75, 3.05) is 11.9 Å². The molecular formula is C18H16ClF3N2O3. The van der Waals surface area contributed by atoms with Crippen LogP contribution < -0.4 is 15.4 Å². The number of carbonyl (C=O) groups excluding carboxylic acids is 2. The second kappa shape index (κ2) is 8.77. The third-order valence-electron chi connectivity index (χ3n) is 3.26. The average molecular weight is 401 g/mol. The van der Waals surface area contributed by atoms with Crippen molar-refractivity contribution in [3.8, 4) is 5.75 Å². The van der Waals surface area contributed by atoms with E-state index < -0.39 is 35.0 Å². The Balaban J connectivity index is 2.13. The molecule has 27 heavy (non-hydrogen) atoms. The summed E-state index contributed by atoms with van der Waals surface area (Å²) in [6.45, 7) is 4.11. The largest absolute Gasteiger partial charge is 0.492 e. The van der Waals surface area contributed by atoms with Crippen molar-refractivity contribution >= 4 is 29.2 Å². The molecule has 0 bridgehead atoms. The standard InChI is InChI=1S/C18H16ClF3N2O3/c1-9(2)8-27-15-7-14(13(22)6-10(15)19)23-18(26)24-17(25)16-11(20)4-3-5-12(16)21/h3-7,9H,8H2,1-2H3,(H2,23,24,25,26). The highest BCUT2D eigenvalue weighted by Crippen LogP contribution is 2.31. The van der Waals surface area contributed by atoms with Crippen molar-refractivity contribution < 1.29 is 27.5 Å². The third-order valence-corrected chi connectivity index (χ3v) is 3.55. The summed E-state index contributed by atoms with van der Waals surface area (Å²) in [6.07, 6.45) is 0. The molecule has 0 unspecified atom stereocenters. The van der Waals surface area contributed by atoms with Crippen LogP contribution in [0.5, 0.6) is 5.75 Å². The number of hydrogen-bond acceptors (Lipinski definition) is 3. The first-order chi connectivity index (χ1) is 12.7. The summed E-state index contributed by atoms with van der Waals surface area (Å²) in [5, 5.41) is 3.81. The molecule has 0 aliphatic carbocycles. The van der Waals surface area contributed by atoms with Crippen LogP contribution in [0.2, 0.25) is 5.02 Å². The zero-order valence-electron chi connectivity index (χ0n) is 14.4. The summed E-state index contributed by atoms with van der Waals surface area (Å²) >= 11 is 5.89. The molecule has 0 atom stereocenters. The summed E-state index contributed by atoms with van der Waals surface area (Å²) in [5.41, 5.74) is -1.25. The van der Waals surface area contributed by atoms with Crippen LogP contribution in [-0.2, 0) is 0 Å². The van der Waals surface area contributed by atoms with Gasteiger partial charge >= 0.3 is 6.03 Å². The molecule has 0 saturated carbocycles. The Kier molecular flexibility index (Phi) is 6.68. The quantitative estimate of drug-likeness (QED) is 0.760. The van der Waals surface area contributed by atoms with Gasteiger partial charge in [-0.3, -0.25) is 10.1 Å². The van der Waals surface area contributed by atoms with Gasteiger partial charge in [0, 0.05) is 6.07 Å². The molecule has 9 heteroatoms. The highest BCUT2D eigenvalue weighted by molar-refractivity contribution is 6.32. The zero-order chi connectivity index (χ0) is 20.1. The molecule has 0 aromatic heterocycles. The highest BCUT2D eigenvalue weighted by atomic mass is 35.5. The van der Waals surface area contributed by atoms with Crippen molar-refractivity contribution in [3.63, 3.8) is 0 Å². The van der Waals surface area contributed by atoms with E-state index in [2.05, 4.69) is 5.32 Å². The van der Waals surface area contributed by atoms with Crippen LogP contribution in [0, 0.1) is 23.4 Å². The Morgan fingerprint density at radius 1 is 1.11 bits per heavy atom. The van der Waals surface area contributed by atoms with Crippen LogP contribution in [-0.4, -0.2) is 18.5 Å². The van der Waals surface area contributed by atoms with Gasteiger partial charge in [0.15, 0.2) is 0 Å². The maximum Gasteiger partial charge on any atom is 0.326 e. The van der Waals surface area contributed by atoms with Gasteiger partial charge in [-0.25, -0.2) is 18.0 Å². The fourth-order valence-corrected chi connectivity index (χ4v) is 2.23. The number of carbonyl (C=O) groups is 2. The SMILES string of the molecule is CC(C)COc1cc(NC(=O)NC(=O)c2c(F)cccc2F)c(F)cc1Cl. The van der Waals surface area contributed by atoms with E-state index >= 15 is 0 Å². The molecule has 0 aliphatic rings. The van der Waals surface area contributed by atoms with E-state index in [-0.39, 0.29) is 22.4 Å². The number of amides is 3. The number of ether oxygens (including phenoxy) is 1. The molecule has 0 heterocycles. The smallest absolute Gasteiger partial charge is 0.326 e. The molecule has 2 rings (SSSR count). The Labute approximate surface area is 158 Å². The first-order valence-electron chi connectivity index (χ1n) is 7.87. The third kappa shape index (κ3) is 5.37. The van der Waals surface area contributed by atoms with E-state index in [1.165, 1.54) is 0 Å². The Morgan fingerprint density at radius 3 is 2.33 bits per heavy atom. The van der Waals surface area contributed by atoms with E-state index in [0.717, 1.165) is 30.3 Å². The van der Waals surface area contributed by atoms with E-state index in [4.69, 9.17) is 16.3 Å². The van der Waals surface area contributed by atoms with Crippen LogP contribution in [0.4, 0.5) is 23.7 Å². The van der Waals surface area contributed by atoms with E-state index in [1.54, 1.807) is 5.32 Å². The van der Waals surface area contributed by atoms with Crippen molar-refractivity contribution in [1.82, 2.24) is 5.32 Å². The molecule has 3 amide bonds. The molecule has 5 nitrogen and oxygen atoms in total. The second-order valence-corrected chi connectivity index (χ2v) is 6.38. The number of urea groups is 1. The maximum atomic E-state index is 14.0. The number of rotatable bonds is 5. The van der Waals surface area contributed by atoms with Gasteiger partial charge in [0.25, 0.3) is 5.91 Å². The number of hydrogen-bond donors (Lipinski definition) is 2. The highest BCUT2D eigenvalue weighted by Gasteiger charge is 2.20. The molecular weight excluding hydrogens is 385 g/mol. The van der Waals surface area contributed by atoms with Crippen LogP contribution in [0.1, 0.15) is 24.2 Å². The Bertz CT molecular complexity index is 855. The molecule has 0 fully saturated rings. The lowest BCUT2D eigenvalue weighted by molar-refractivity contribution is 0.0959. The van der Waals surface area contributed by atoms with Gasteiger partial charge in [0.05, 0.1) is 17.3 Å². The summed E-state index contributed by atoms with van der Waals surface area (Å²) in [7, 11) is 0. The van der Waals surface area contributed by atoms with Gasteiger partial charge in [-0.1, -0.05) is 31.5 Å². The Morgan fingerprint density at radius 2 is 1.74 bits per heavy atom. The minimum absolute atomic E-state index is 0.00334. The van der Waals surface area contributed by atoms with Crippen LogP contribution in [0.15, 0.2) is 30.3 Å². The fourth-order valence-electron chi connectivity index (χ4n) is 2.03. The minimum atomic E-state index is -1.31. The second-order valence-electron chi connectivity index (χ2n) is 5.97. The van der Waals surface area contributed by atoms with E-state index in [9.17, 15) is 22.8 Å². The molecule has 2 N–H and O–H groups in total. The van der Waals surface area contributed by atoms with Crippen molar-refractivity contribution in [2.45, 2.75) is 13.8 Å². The topological polar surface area (TPSA) is 67.4 Å². The van der Waals surface area contributed by atoms with Gasteiger partial charge in [-0.15, -0.1) is 0 Å². The molecule has 0 radical (unpaired) electrons. The number of benzene rings is 2. The van der Waals surface area contributed by atoms with Crippen LogP contribution in [0.3, 0.4) is 0 Å². The zero-order valence-corrected chi connectivity index (χ0v) is 15.2. The summed E-state index contributed by atoms with van der Waals surface area (Å²) in [6, 6.07) is 3.71. The van der Waals surface area contributed by atoms with Gasteiger partial charge in [0.1, 0.15) is 28.8 Å². The van der Waals surface area contributed by atoms with E-state index in [1.807, 2.05) is 13.8 Å². The number of nitrogens with one attached hydrogen (secondary N) is 2. The first kappa shape index (κ1) is 20.6. The number of anilines is 1. The first-order valence-corrected chi connectivity index (χ1v) is 8.25. The summed E-state index contributed by atoms with van der Waals surface area (Å²) in [4.78, 5) is 23.8.